The lowest BCUT2D eigenvalue weighted by molar-refractivity contribution is 0.727. The second-order valence-electron chi connectivity index (χ2n) is 3.41. The highest BCUT2D eigenvalue weighted by Gasteiger charge is 2.11. The summed E-state index contributed by atoms with van der Waals surface area (Å²) < 4.78 is 0. The van der Waals surface area contributed by atoms with Crippen molar-refractivity contribution in [1.82, 2.24) is 5.32 Å². The number of likely N-dealkylation sites (N-methyl/N-ethyl adjacent to an activating group) is 1. The topological polar surface area (TPSA) is 38.0 Å². The van der Waals surface area contributed by atoms with Crippen LogP contribution in [0, 0.1) is 0 Å². The molecule has 2 heteroatoms. The minimum absolute atomic E-state index is 1.00. The van der Waals surface area contributed by atoms with Gasteiger partial charge in [0, 0.05) is 12.2 Å². The summed E-state index contributed by atoms with van der Waals surface area (Å²) in [6.45, 7) is 10.3. The molecule has 0 atom stereocenters. The van der Waals surface area contributed by atoms with Crippen LogP contribution in [0.15, 0.2) is 22.9 Å². The molecule has 0 radical (unpaired) electrons. The first-order valence-corrected chi connectivity index (χ1v) is 6.17. The zero-order valence-corrected chi connectivity index (χ0v) is 10.7. The van der Waals surface area contributed by atoms with Gasteiger partial charge in [-0.05, 0) is 31.4 Å². The molecule has 15 heavy (non-hydrogen) atoms. The lowest BCUT2D eigenvalue weighted by atomic mass is 9.93. The van der Waals surface area contributed by atoms with Crippen molar-refractivity contribution < 1.29 is 0 Å². The van der Waals surface area contributed by atoms with Crippen molar-refractivity contribution in [2.75, 3.05) is 13.1 Å². The van der Waals surface area contributed by atoms with Crippen LogP contribution in [0.25, 0.3) is 0 Å². The molecule has 0 aliphatic heterocycles. The van der Waals surface area contributed by atoms with Crippen LogP contribution in [0.4, 0.5) is 0 Å². The van der Waals surface area contributed by atoms with E-state index in [1.54, 1.807) is 0 Å². The maximum Gasteiger partial charge on any atom is 0.0306 e. The molecule has 3 N–H and O–H groups in total. The van der Waals surface area contributed by atoms with Gasteiger partial charge in [0.2, 0.25) is 0 Å². The fraction of sp³-hybridized carbons (Fsp3) is 0.692. The van der Waals surface area contributed by atoms with Gasteiger partial charge in [0.1, 0.15) is 0 Å². The molecule has 0 aromatic heterocycles. The summed E-state index contributed by atoms with van der Waals surface area (Å²) in [5.41, 5.74) is 9.80. The number of hydrogen-bond acceptors (Lipinski definition) is 2. The lowest BCUT2D eigenvalue weighted by Crippen LogP contribution is -2.20. The number of nitrogens with two attached hydrogens (primary N) is 1. The lowest BCUT2D eigenvalue weighted by Gasteiger charge is -2.19. The molecule has 1 aliphatic carbocycles. The van der Waals surface area contributed by atoms with Gasteiger partial charge < -0.3 is 11.1 Å². The molecular weight excluding hydrogens is 184 g/mol. The summed E-state index contributed by atoms with van der Waals surface area (Å²) in [5.74, 6) is 0. The normalized spacial score (nSPS) is 15.6. The Kier molecular flexibility index (Phi) is 8.11. The van der Waals surface area contributed by atoms with E-state index in [0.717, 1.165) is 31.6 Å². The molecule has 0 aromatic rings. The molecule has 0 heterocycles. The van der Waals surface area contributed by atoms with Crippen molar-refractivity contribution in [1.29, 1.82) is 0 Å². The molecule has 1 aliphatic rings. The Morgan fingerprint density at radius 1 is 1.33 bits per heavy atom. The summed E-state index contributed by atoms with van der Waals surface area (Å²) in [7, 11) is 0. The van der Waals surface area contributed by atoms with Crippen LogP contribution in [-0.4, -0.2) is 13.1 Å². The van der Waals surface area contributed by atoms with Gasteiger partial charge in [-0.15, -0.1) is 0 Å². The third-order valence-electron chi connectivity index (χ3n) is 2.53. The van der Waals surface area contributed by atoms with Crippen LogP contribution in [-0.2, 0) is 0 Å². The highest BCUT2D eigenvalue weighted by Crippen LogP contribution is 2.23. The molecule has 0 unspecified atom stereocenters. The fourth-order valence-corrected chi connectivity index (χ4v) is 1.81. The SMILES string of the molecule is CC.CCNCC1=C(CC)C(N)=CCC1. The van der Waals surface area contributed by atoms with Gasteiger partial charge in [0.25, 0.3) is 0 Å². The third kappa shape index (κ3) is 4.52. The van der Waals surface area contributed by atoms with E-state index in [2.05, 4.69) is 25.2 Å². The predicted molar refractivity (Wildman–Crippen MR) is 68.7 cm³/mol. The Morgan fingerprint density at radius 2 is 2.00 bits per heavy atom. The first-order chi connectivity index (χ1) is 7.29. The monoisotopic (exact) mass is 210 g/mol. The molecule has 0 saturated carbocycles. The quantitative estimate of drug-likeness (QED) is 0.748. The third-order valence-corrected chi connectivity index (χ3v) is 2.53. The molecule has 1 rings (SSSR count). The van der Waals surface area contributed by atoms with E-state index in [1.165, 1.54) is 17.6 Å². The summed E-state index contributed by atoms with van der Waals surface area (Å²) in [6.07, 6.45) is 5.49. The number of nitrogens with one attached hydrogen (secondary N) is 1. The van der Waals surface area contributed by atoms with Crippen molar-refractivity contribution >= 4 is 0 Å². The molecule has 88 valence electrons. The average molecular weight is 210 g/mol. The summed E-state index contributed by atoms with van der Waals surface area (Å²) >= 11 is 0. The van der Waals surface area contributed by atoms with Gasteiger partial charge in [-0.2, -0.15) is 0 Å². The number of rotatable bonds is 4. The van der Waals surface area contributed by atoms with E-state index in [1.807, 2.05) is 13.8 Å². The Bertz CT molecular complexity index is 227. The largest absolute Gasteiger partial charge is 0.399 e. The highest BCUT2D eigenvalue weighted by atomic mass is 14.8. The van der Waals surface area contributed by atoms with E-state index >= 15 is 0 Å². The van der Waals surface area contributed by atoms with E-state index in [4.69, 9.17) is 5.73 Å². The average Bonchev–Trinajstić information content (AvgIpc) is 2.29. The second-order valence-corrected chi connectivity index (χ2v) is 3.41. The Morgan fingerprint density at radius 3 is 2.53 bits per heavy atom. The molecule has 0 bridgehead atoms. The molecule has 0 spiro atoms. The van der Waals surface area contributed by atoms with E-state index in [0.29, 0.717) is 0 Å². The van der Waals surface area contributed by atoms with Gasteiger partial charge in [0.05, 0.1) is 0 Å². The van der Waals surface area contributed by atoms with Crippen molar-refractivity contribution in [3.8, 4) is 0 Å². The minimum Gasteiger partial charge on any atom is -0.399 e. The van der Waals surface area contributed by atoms with Crippen molar-refractivity contribution in [2.24, 2.45) is 5.73 Å². The van der Waals surface area contributed by atoms with E-state index in [9.17, 15) is 0 Å². The van der Waals surface area contributed by atoms with Crippen LogP contribution < -0.4 is 11.1 Å². The van der Waals surface area contributed by atoms with Gasteiger partial charge in [0.15, 0.2) is 0 Å². The smallest absolute Gasteiger partial charge is 0.0306 e. The van der Waals surface area contributed by atoms with Crippen molar-refractivity contribution in [2.45, 2.75) is 47.0 Å². The highest BCUT2D eigenvalue weighted by molar-refractivity contribution is 5.36. The zero-order valence-electron chi connectivity index (χ0n) is 10.7. The van der Waals surface area contributed by atoms with Crippen LogP contribution in [0.2, 0.25) is 0 Å². The maximum atomic E-state index is 5.93. The first kappa shape index (κ1) is 14.2. The predicted octanol–water partition coefficient (Wildman–Crippen LogP) is 2.97. The maximum absolute atomic E-state index is 5.93. The van der Waals surface area contributed by atoms with Crippen LogP contribution >= 0.6 is 0 Å². The Labute approximate surface area is 94.6 Å². The summed E-state index contributed by atoms with van der Waals surface area (Å²) in [4.78, 5) is 0. The van der Waals surface area contributed by atoms with Crippen LogP contribution in [0.5, 0.6) is 0 Å². The molecule has 0 saturated heterocycles. The van der Waals surface area contributed by atoms with Crippen molar-refractivity contribution in [3.05, 3.63) is 22.9 Å². The Balaban J connectivity index is 0.000000921. The molecular formula is C13H26N2. The Hall–Kier alpha value is -0.760. The van der Waals surface area contributed by atoms with E-state index < -0.39 is 0 Å². The standard InChI is InChI=1S/C11H20N2.C2H6/c1-3-10-9(8-13-4-2)6-5-7-11(10)12;1-2/h7,13H,3-6,8,12H2,1-2H3;1-2H3. The zero-order chi connectivity index (χ0) is 11.7. The van der Waals surface area contributed by atoms with Crippen LogP contribution in [0.1, 0.15) is 47.0 Å². The molecule has 0 amide bonds. The van der Waals surface area contributed by atoms with Gasteiger partial charge >= 0.3 is 0 Å². The van der Waals surface area contributed by atoms with E-state index in [-0.39, 0.29) is 0 Å². The van der Waals surface area contributed by atoms with Crippen molar-refractivity contribution in [3.63, 3.8) is 0 Å². The van der Waals surface area contributed by atoms with Gasteiger partial charge in [-0.3, -0.25) is 0 Å². The number of hydrogen-bond donors (Lipinski definition) is 2. The summed E-state index contributed by atoms with van der Waals surface area (Å²) in [6, 6.07) is 0. The second kappa shape index (κ2) is 8.54. The number of allylic oxidation sites excluding steroid dienone is 2. The first-order valence-electron chi connectivity index (χ1n) is 6.17. The minimum atomic E-state index is 1.00. The molecule has 0 aromatic carbocycles. The summed E-state index contributed by atoms with van der Waals surface area (Å²) in [5, 5.41) is 3.36. The fourth-order valence-electron chi connectivity index (χ4n) is 1.81. The molecule has 0 fully saturated rings. The van der Waals surface area contributed by atoms with Crippen LogP contribution in [0.3, 0.4) is 0 Å². The molecule has 2 nitrogen and oxygen atoms in total. The van der Waals surface area contributed by atoms with Gasteiger partial charge in [-0.1, -0.05) is 39.3 Å². The van der Waals surface area contributed by atoms with Gasteiger partial charge in [-0.25, -0.2) is 0 Å².